The molecule has 0 unspecified atom stereocenters. The van der Waals surface area contributed by atoms with E-state index in [0.29, 0.717) is 12.3 Å². The molecular weight excluding hydrogens is 254 g/mol. The lowest BCUT2D eigenvalue weighted by molar-refractivity contribution is 0.0923. The largest absolute Gasteiger partial charge is 0.459 e. The normalized spacial score (nSPS) is 10.4. The molecule has 3 rings (SSSR count). The van der Waals surface area contributed by atoms with Crippen molar-refractivity contribution in [2.45, 2.75) is 6.54 Å². The summed E-state index contributed by atoms with van der Waals surface area (Å²) in [5.41, 5.74) is 1.92. The minimum atomic E-state index is -0.231. The van der Waals surface area contributed by atoms with Crippen LogP contribution in [0, 0.1) is 0 Å². The first kappa shape index (κ1) is 12.2. The molecule has 100 valence electrons. The van der Waals surface area contributed by atoms with Gasteiger partial charge in [0.1, 0.15) is 0 Å². The van der Waals surface area contributed by atoms with Crippen molar-refractivity contribution in [1.82, 2.24) is 15.1 Å². The second-order valence-electron chi connectivity index (χ2n) is 4.24. The Kier molecular flexibility index (Phi) is 3.33. The third-order valence-electron chi connectivity index (χ3n) is 2.93. The zero-order valence-corrected chi connectivity index (χ0v) is 10.7. The monoisotopic (exact) mass is 267 g/mol. The summed E-state index contributed by atoms with van der Waals surface area (Å²) >= 11 is 0. The first-order chi connectivity index (χ1) is 9.84. The highest BCUT2D eigenvalue weighted by Gasteiger charge is 2.09. The second kappa shape index (κ2) is 5.44. The van der Waals surface area contributed by atoms with Gasteiger partial charge in [-0.15, -0.1) is 0 Å². The Morgan fingerprint density at radius 2 is 2.10 bits per heavy atom. The Balaban J connectivity index is 1.77. The number of carbonyl (C=O) groups is 1. The van der Waals surface area contributed by atoms with Crippen molar-refractivity contribution < 1.29 is 9.21 Å². The maximum atomic E-state index is 11.8. The number of hydrogen-bond donors (Lipinski definition) is 1. The van der Waals surface area contributed by atoms with Gasteiger partial charge in [-0.1, -0.05) is 18.2 Å². The summed E-state index contributed by atoms with van der Waals surface area (Å²) in [5, 5.41) is 7.04. The summed E-state index contributed by atoms with van der Waals surface area (Å²) in [4.78, 5) is 11.8. The summed E-state index contributed by atoms with van der Waals surface area (Å²) in [6, 6.07) is 13.0. The molecule has 0 radical (unpaired) electrons. The van der Waals surface area contributed by atoms with Gasteiger partial charge in [0.15, 0.2) is 5.76 Å². The number of benzene rings is 1. The standard InChI is InChI=1S/C15H13N3O2/c19-15(14-7-3-10-20-14)16-11-12-5-1-2-6-13(12)18-9-4-8-17-18/h1-10H,11H2,(H,16,19). The van der Waals surface area contributed by atoms with E-state index in [-0.39, 0.29) is 5.91 Å². The molecule has 2 heterocycles. The van der Waals surface area contributed by atoms with E-state index in [2.05, 4.69) is 10.4 Å². The van der Waals surface area contributed by atoms with Crippen molar-refractivity contribution in [3.05, 3.63) is 72.4 Å². The zero-order valence-electron chi connectivity index (χ0n) is 10.7. The molecule has 2 aromatic heterocycles. The van der Waals surface area contributed by atoms with Gasteiger partial charge in [-0.05, 0) is 29.8 Å². The van der Waals surface area contributed by atoms with Gasteiger partial charge >= 0.3 is 0 Å². The fourth-order valence-electron chi connectivity index (χ4n) is 1.97. The molecular formula is C15H13N3O2. The third kappa shape index (κ3) is 2.47. The van der Waals surface area contributed by atoms with E-state index >= 15 is 0 Å². The van der Waals surface area contributed by atoms with Crippen molar-refractivity contribution in [2.24, 2.45) is 0 Å². The van der Waals surface area contributed by atoms with E-state index in [9.17, 15) is 4.79 Å². The van der Waals surface area contributed by atoms with Crippen LogP contribution in [0.25, 0.3) is 5.69 Å². The smallest absolute Gasteiger partial charge is 0.287 e. The number of carbonyl (C=O) groups excluding carboxylic acids is 1. The molecule has 0 aliphatic carbocycles. The number of nitrogens with one attached hydrogen (secondary N) is 1. The first-order valence-corrected chi connectivity index (χ1v) is 6.24. The summed E-state index contributed by atoms with van der Waals surface area (Å²) in [6.45, 7) is 0.412. The lowest BCUT2D eigenvalue weighted by Crippen LogP contribution is -2.23. The quantitative estimate of drug-likeness (QED) is 0.789. The Hall–Kier alpha value is -2.82. The van der Waals surface area contributed by atoms with E-state index in [0.717, 1.165) is 11.3 Å². The van der Waals surface area contributed by atoms with Gasteiger partial charge in [0.25, 0.3) is 5.91 Å². The SMILES string of the molecule is O=C(NCc1ccccc1-n1cccn1)c1ccco1. The van der Waals surface area contributed by atoms with E-state index < -0.39 is 0 Å². The minimum Gasteiger partial charge on any atom is -0.459 e. The maximum Gasteiger partial charge on any atom is 0.287 e. The first-order valence-electron chi connectivity index (χ1n) is 6.24. The van der Waals surface area contributed by atoms with E-state index in [1.165, 1.54) is 6.26 Å². The Bertz CT molecular complexity index is 688. The Labute approximate surface area is 115 Å². The molecule has 20 heavy (non-hydrogen) atoms. The van der Waals surface area contributed by atoms with E-state index in [1.807, 2.05) is 36.5 Å². The van der Waals surface area contributed by atoms with Crippen molar-refractivity contribution in [2.75, 3.05) is 0 Å². The molecule has 0 saturated carbocycles. The average Bonchev–Trinajstić information content (AvgIpc) is 3.17. The number of nitrogens with zero attached hydrogens (tertiary/aromatic N) is 2. The number of furan rings is 1. The summed E-state index contributed by atoms with van der Waals surface area (Å²) in [6.07, 6.45) is 5.07. The number of aromatic nitrogens is 2. The molecule has 0 spiro atoms. The van der Waals surface area contributed by atoms with Gasteiger partial charge in [0.2, 0.25) is 0 Å². The molecule has 0 aliphatic rings. The van der Waals surface area contributed by atoms with Crippen LogP contribution in [0.2, 0.25) is 0 Å². The lowest BCUT2D eigenvalue weighted by atomic mass is 10.1. The fourth-order valence-corrected chi connectivity index (χ4v) is 1.97. The van der Waals surface area contributed by atoms with Crippen LogP contribution in [0.3, 0.4) is 0 Å². The van der Waals surface area contributed by atoms with Gasteiger partial charge in [-0.25, -0.2) is 4.68 Å². The zero-order chi connectivity index (χ0) is 13.8. The highest BCUT2D eigenvalue weighted by Crippen LogP contribution is 2.13. The van der Waals surface area contributed by atoms with Crippen LogP contribution in [0.4, 0.5) is 0 Å². The molecule has 0 fully saturated rings. The molecule has 0 saturated heterocycles. The predicted octanol–water partition coefficient (Wildman–Crippen LogP) is 2.40. The topological polar surface area (TPSA) is 60.1 Å². The minimum absolute atomic E-state index is 0.231. The van der Waals surface area contributed by atoms with Gasteiger partial charge in [0.05, 0.1) is 12.0 Å². The fraction of sp³-hybridized carbons (Fsp3) is 0.0667. The summed E-state index contributed by atoms with van der Waals surface area (Å²) in [7, 11) is 0. The summed E-state index contributed by atoms with van der Waals surface area (Å²) < 4.78 is 6.83. The van der Waals surface area contributed by atoms with Gasteiger partial charge in [-0.3, -0.25) is 4.79 Å². The van der Waals surface area contributed by atoms with Crippen LogP contribution in [0.15, 0.2) is 65.5 Å². The number of para-hydroxylation sites is 1. The Morgan fingerprint density at radius 1 is 1.20 bits per heavy atom. The number of hydrogen-bond acceptors (Lipinski definition) is 3. The van der Waals surface area contributed by atoms with Gasteiger partial charge in [0, 0.05) is 18.9 Å². The van der Waals surface area contributed by atoms with Crippen LogP contribution in [-0.4, -0.2) is 15.7 Å². The maximum absolute atomic E-state index is 11.8. The van der Waals surface area contributed by atoms with E-state index in [4.69, 9.17) is 4.42 Å². The van der Waals surface area contributed by atoms with E-state index in [1.54, 1.807) is 23.0 Å². The molecule has 5 nitrogen and oxygen atoms in total. The van der Waals surface area contributed by atoms with Crippen LogP contribution in [-0.2, 0) is 6.54 Å². The van der Waals surface area contributed by atoms with Crippen LogP contribution >= 0.6 is 0 Å². The molecule has 0 atom stereocenters. The number of rotatable bonds is 4. The molecule has 3 aromatic rings. The molecule has 1 N–H and O–H groups in total. The van der Waals surface area contributed by atoms with Crippen LogP contribution < -0.4 is 5.32 Å². The second-order valence-corrected chi connectivity index (χ2v) is 4.24. The highest BCUT2D eigenvalue weighted by atomic mass is 16.3. The van der Waals surface area contributed by atoms with Gasteiger partial charge in [-0.2, -0.15) is 5.10 Å². The third-order valence-corrected chi connectivity index (χ3v) is 2.93. The highest BCUT2D eigenvalue weighted by molar-refractivity contribution is 5.91. The number of amides is 1. The van der Waals surface area contributed by atoms with Crippen molar-refractivity contribution in [3.63, 3.8) is 0 Å². The summed E-state index contributed by atoms with van der Waals surface area (Å²) in [5.74, 6) is 0.0758. The molecule has 1 amide bonds. The molecule has 1 aromatic carbocycles. The Morgan fingerprint density at radius 3 is 2.85 bits per heavy atom. The molecule has 0 aliphatic heterocycles. The van der Waals surface area contributed by atoms with Crippen molar-refractivity contribution in [1.29, 1.82) is 0 Å². The predicted molar refractivity (Wildman–Crippen MR) is 73.4 cm³/mol. The van der Waals surface area contributed by atoms with Crippen LogP contribution in [0.1, 0.15) is 16.1 Å². The molecule has 0 bridgehead atoms. The lowest BCUT2D eigenvalue weighted by Gasteiger charge is -2.10. The van der Waals surface area contributed by atoms with Crippen molar-refractivity contribution >= 4 is 5.91 Å². The van der Waals surface area contributed by atoms with Crippen LogP contribution in [0.5, 0.6) is 0 Å². The molecule has 5 heteroatoms. The van der Waals surface area contributed by atoms with Crippen molar-refractivity contribution in [3.8, 4) is 5.69 Å². The van der Waals surface area contributed by atoms with Gasteiger partial charge < -0.3 is 9.73 Å². The average molecular weight is 267 g/mol.